The van der Waals surface area contributed by atoms with Gasteiger partial charge in [-0.2, -0.15) is 0 Å². The zero-order chi connectivity index (χ0) is 13.0. The zero-order valence-electron chi connectivity index (χ0n) is 10.3. The van der Waals surface area contributed by atoms with Crippen LogP contribution in [-0.4, -0.2) is 26.5 Å². The van der Waals surface area contributed by atoms with Crippen LogP contribution in [0.25, 0.3) is 0 Å². The maximum absolute atomic E-state index is 12.3. The van der Waals surface area contributed by atoms with Gasteiger partial charge in [0.15, 0.2) is 0 Å². The Morgan fingerprint density at radius 1 is 1.17 bits per heavy atom. The SMILES string of the molecule is NCc1ccccc1S(=O)(=O)NN1CCCCC1. The maximum atomic E-state index is 12.3. The van der Waals surface area contributed by atoms with Crippen molar-refractivity contribution in [1.82, 2.24) is 9.84 Å². The molecule has 6 heteroatoms. The molecule has 0 spiro atoms. The number of hydrogen-bond donors (Lipinski definition) is 2. The van der Waals surface area contributed by atoms with Gasteiger partial charge in [0.1, 0.15) is 0 Å². The largest absolute Gasteiger partial charge is 0.326 e. The molecular formula is C12H19N3O2S. The van der Waals surface area contributed by atoms with E-state index in [4.69, 9.17) is 5.73 Å². The van der Waals surface area contributed by atoms with Gasteiger partial charge in [-0.3, -0.25) is 0 Å². The van der Waals surface area contributed by atoms with Gasteiger partial charge < -0.3 is 5.73 Å². The van der Waals surface area contributed by atoms with Crippen LogP contribution in [0.2, 0.25) is 0 Å². The van der Waals surface area contributed by atoms with Gasteiger partial charge in [0, 0.05) is 19.6 Å². The number of sulfonamides is 1. The van der Waals surface area contributed by atoms with Crippen molar-refractivity contribution in [2.24, 2.45) is 5.73 Å². The Labute approximate surface area is 108 Å². The van der Waals surface area contributed by atoms with Gasteiger partial charge in [-0.15, -0.1) is 4.83 Å². The molecule has 1 fully saturated rings. The van der Waals surface area contributed by atoms with Crippen LogP contribution in [0.3, 0.4) is 0 Å². The highest BCUT2D eigenvalue weighted by molar-refractivity contribution is 7.89. The molecule has 0 aliphatic carbocycles. The van der Waals surface area contributed by atoms with Crippen molar-refractivity contribution >= 4 is 10.0 Å². The minimum Gasteiger partial charge on any atom is -0.326 e. The lowest BCUT2D eigenvalue weighted by molar-refractivity contribution is 0.200. The van der Waals surface area contributed by atoms with E-state index in [0.29, 0.717) is 5.56 Å². The average molecular weight is 269 g/mol. The molecule has 0 unspecified atom stereocenters. The van der Waals surface area contributed by atoms with Crippen LogP contribution in [0, 0.1) is 0 Å². The average Bonchev–Trinajstić information content (AvgIpc) is 2.39. The quantitative estimate of drug-likeness (QED) is 0.848. The number of benzene rings is 1. The molecule has 18 heavy (non-hydrogen) atoms. The van der Waals surface area contributed by atoms with Crippen molar-refractivity contribution in [3.63, 3.8) is 0 Å². The number of nitrogens with two attached hydrogens (primary N) is 1. The molecule has 1 heterocycles. The fraction of sp³-hybridized carbons (Fsp3) is 0.500. The van der Waals surface area contributed by atoms with Crippen molar-refractivity contribution < 1.29 is 8.42 Å². The lowest BCUT2D eigenvalue weighted by Crippen LogP contribution is -2.45. The number of nitrogens with one attached hydrogen (secondary N) is 1. The fourth-order valence-electron chi connectivity index (χ4n) is 2.14. The third-order valence-electron chi connectivity index (χ3n) is 3.09. The Bertz CT molecular complexity index is 496. The number of piperidine rings is 1. The second-order valence-corrected chi connectivity index (χ2v) is 6.08. The van der Waals surface area contributed by atoms with Crippen molar-refractivity contribution in [2.45, 2.75) is 30.7 Å². The molecule has 1 aliphatic rings. The van der Waals surface area contributed by atoms with Gasteiger partial charge in [0.25, 0.3) is 10.0 Å². The zero-order valence-corrected chi connectivity index (χ0v) is 11.1. The Kier molecular flexibility index (Phi) is 4.34. The Morgan fingerprint density at radius 3 is 2.50 bits per heavy atom. The molecule has 1 aromatic carbocycles. The minimum atomic E-state index is -3.51. The van der Waals surface area contributed by atoms with Gasteiger partial charge in [-0.05, 0) is 24.5 Å². The molecule has 1 aliphatic heterocycles. The number of nitrogens with zero attached hydrogens (tertiary/aromatic N) is 1. The van der Waals surface area contributed by atoms with Crippen LogP contribution < -0.4 is 10.6 Å². The molecule has 0 amide bonds. The van der Waals surface area contributed by atoms with Gasteiger partial charge >= 0.3 is 0 Å². The second kappa shape index (κ2) is 5.79. The first kappa shape index (κ1) is 13.5. The van der Waals surface area contributed by atoms with E-state index in [-0.39, 0.29) is 11.4 Å². The minimum absolute atomic E-state index is 0.219. The van der Waals surface area contributed by atoms with Crippen LogP contribution in [0.15, 0.2) is 29.2 Å². The highest BCUT2D eigenvalue weighted by Gasteiger charge is 2.21. The Hall–Kier alpha value is -0.950. The topological polar surface area (TPSA) is 75.4 Å². The highest BCUT2D eigenvalue weighted by atomic mass is 32.2. The van der Waals surface area contributed by atoms with E-state index in [9.17, 15) is 8.42 Å². The van der Waals surface area contributed by atoms with Crippen LogP contribution in [0.5, 0.6) is 0 Å². The summed E-state index contributed by atoms with van der Waals surface area (Å²) >= 11 is 0. The number of hydrazine groups is 1. The van der Waals surface area contributed by atoms with E-state index in [1.54, 1.807) is 29.3 Å². The van der Waals surface area contributed by atoms with E-state index in [1.807, 2.05) is 0 Å². The predicted molar refractivity (Wildman–Crippen MR) is 70.1 cm³/mol. The first-order valence-electron chi connectivity index (χ1n) is 6.19. The molecule has 5 nitrogen and oxygen atoms in total. The summed E-state index contributed by atoms with van der Waals surface area (Å²) in [5.41, 5.74) is 6.22. The van der Waals surface area contributed by atoms with Crippen molar-refractivity contribution in [2.75, 3.05) is 13.1 Å². The maximum Gasteiger partial charge on any atom is 0.253 e. The van der Waals surface area contributed by atoms with E-state index in [0.717, 1.165) is 32.4 Å². The molecule has 0 saturated carbocycles. The molecule has 1 aromatic rings. The fourth-order valence-corrected chi connectivity index (χ4v) is 3.51. The standard InChI is InChI=1S/C12H19N3O2S/c13-10-11-6-2-3-7-12(11)18(16,17)14-15-8-4-1-5-9-15/h2-3,6-7,14H,1,4-5,8-10,13H2. The molecule has 1 saturated heterocycles. The molecular weight excluding hydrogens is 250 g/mol. The molecule has 0 bridgehead atoms. The van der Waals surface area contributed by atoms with Gasteiger partial charge in [-0.25, -0.2) is 13.4 Å². The predicted octanol–water partition coefficient (Wildman–Crippen LogP) is 0.824. The lowest BCUT2D eigenvalue weighted by Gasteiger charge is -2.26. The molecule has 2 rings (SSSR count). The number of hydrogen-bond acceptors (Lipinski definition) is 4. The molecule has 3 N–H and O–H groups in total. The van der Waals surface area contributed by atoms with Crippen LogP contribution >= 0.6 is 0 Å². The normalized spacial score (nSPS) is 17.8. The van der Waals surface area contributed by atoms with Crippen molar-refractivity contribution in [1.29, 1.82) is 0 Å². The van der Waals surface area contributed by atoms with Crippen molar-refractivity contribution in [3.8, 4) is 0 Å². The summed E-state index contributed by atoms with van der Waals surface area (Å²) < 4.78 is 24.5. The Morgan fingerprint density at radius 2 is 1.83 bits per heavy atom. The number of rotatable bonds is 4. The summed E-state index contributed by atoms with van der Waals surface area (Å²) in [6.45, 7) is 1.76. The Balaban J connectivity index is 2.19. The summed E-state index contributed by atoms with van der Waals surface area (Å²) in [6.07, 6.45) is 3.22. The van der Waals surface area contributed by atoms with Crippen LogP contribution in [0.1, 0.15) is 24.8 Å². The van der Waals surface area contributed by atoms with E-state index in [1.165, 1.54) is 0 Å². The lowest BCUT2D eigenvalue weighted by atomic mass is 10.2. The van der Waals surface area contributed by atoms with Crippen molar-refractivity contribution in [3.05, 3.63) is 29.8 Å². The summed E-state index contributed by atoms with van der Waals surface area (Å²) in [6, 6.07) is 6.84. The molecule has 0 radical (unpaired) electrons. The molecule has 100 valence electrons. The molecule has 0 atom stereocenters. The summed E-state index contributed by atoms with van der Waals surface area (Å²) in [5.74, 6) is 0. The van der Waals surface area contributed by atoms with Crippen LogP contribution in [0.4, 0.5) is 0 Å². The third kappa shape index (κ3) is 3.08. The highest BCUT2D eigenvalue weighted by Crippen LogP contribution is 2.16. The van der Waals surface area contributed by atoms with Gasteiger partial charge in [-0.1, -0.05) is 24.6 Å². The third-order valence-corrected chi connectivity index (χ3v) is 4.56. The van der Waals surface area contributed by atoms with Gasteiger partial charge in [0.2, 0.25) is 0 Å². The summed E-state index contributed by atoms with van der Waals surface area (Å²) in [4.78, 5) is 2.91. The monoisotopic (exact) mass is 269 g/mol. The summed E-state index contributed by atoms with van der Waals surface area (Å²) in [7, 11) is -3.51. The van der Waals surface area contributed by atoms with E-state index in [2.05, 4.69) is 4.83 Å². The first-order chi connectivity index (χ1) is 8.63. The van der Waals surface area contributed by atoms with Gasteiger partial charge in [0.05, 0.1) is 4.90 Å². The van der Waals surface area contributed by atoms with E-state index >= 15 is 0 Å². The second-order valence-electron chi connectivity index (χ2n) is 4.45. The smallest absolute Gasteiger partial charge is 0.253 e. The van der Waals surface area contributed by atoms with E-state index < -0.39 is 10.0 Å². The molecule has 0 aromatic heterocycles. The van der Waals surface area contributed by atoms with Crippen LogP contribution in [-0.2, 0) is 16.6 Å². The summed E-state index contributed by atoms with van der Waals surface area (Å²) in [5, 5.41) is 1.77. The first-order valence-corrected chi connectivity index (χ1v) is 7.67.